The van der Waals surface area contributed by atoms with Crippen LogP contribution in [0.2, 0.25) is 0 Å². The maximum Gasteiger partial charge on any atom is 0.220 e. The lowest BCUT2D eigenvalue weighted by atomic mass is 10.3. The van der Waals surface area contributed by atoms with E-state index >= 15 is 0 Å². The van der Waals surface area contributed by atoms with E-state index < -0.39 is 0 Å². The summed E-state index contributed by atoms with van der Waals surface area (Å²) in [7, 11) is 0. The van der Waals surface area contributed by atoms with E-state index in [-0.39, 0.29) is 11.7 Å². The van der Waals surface area contributed by atoms with Crippen LogP contribution in [0.25, 0.3) is 0 Å². The number of amides is 1. The molecule has 0 fully saturated rings. The van der Waals surface area contributed by atoms with Gasteiger partial charge in [-0.2, -0.15) is 0 Å². The summed E-state index contributed by atoms with van der Waals surface area (Å²) in [5, 5.41) is 2.72. The van der Waals surface area contributed by atoms with Crippen molar-refractivity contribution in [3.63, 3.8) is 0 Å². The lowest BCUT2D eigenvalue weighted by molar-refractivity contribution is -0.122. The molecular weight excluding hydrogens is 206 g/mol. The number of carbonyl (C=O) groups is 2. The quantitative estimate of drug-likeness (QED) is 0.649. The van der Waals surface area contributed by atoms with Crippen LogP contribution in [-0.2, 0) is 14.3 Å². The predicted molar refractivity (Wildman–Crippen MR) is 65.4 cm³/mol. The summed E-state index contributed by atoms with van der Waals surface area (Å²) >= 11 is 0. The molecule has 0 spiro atoms. The van der Waals surface area contributed by atoms with Crippen molar-refractivity contribution in [2.45, 2.75) is 47.0 Å². The summed E-state index contributed by atoms with van der Waals surface area (Å²) in [6.45, 7) is 8.94. The highest BCUT2D eigenvalue weighted by atomic mass is 16.5. The first-order valence-electron chi connectivity index (χ1n) is 6.00. The Morgan fingerprint density at radius 1 is 1.12 bits per heavy atom. The average Bonchev–Trinajstić information content (AvgIpc) is 2.26. The molecule has 4 nitrogen and oxygen atoms in total. The van der Waals surface area contributed by atoms with Gasteiger partial charge in [0.1, 0.15) is 5.78 Å². The van der Waals surface area contributed by atoms with Crippen molar-refractivity contribution in [2.75, 3.05) is 19.8 Å². The molecule has 0 aromatic heterocycles. The molecular formula is C12H25NO3. The topological polar surface area (TPSA) is 55.4 Å². The van der Waals surface area contributed by atoms with Crippen LogP contribution >= 0.6 is 0 Å². The first kappa shape index (κ1) is 17.5. The van der Waals surface area contributed by atoms with E-state index in [1.54, 1.807) is 0 Å². The number of carbonyl (C=O) groups excluding carboxylic acids is 2. The molecule has 0 radical (unpaired) electrons. The number of ketones is 1. The van der Waals surface area contributed by atoms with Crippen molar-refractivity contribution in [3.8, 4) is 0 Å². The zero-order valence-electron chi connectivity index (χ0n) is 11.0. The molecule has 4 heteroatoms. The van der Waals surface area contributed by atoms with Crippen LogP contribution < -0.4 is 5.32 Å². The van der Waals surface area contributed by atoms with E-state index in [1.807, 2.05) is 20.8 Å². The average molecular weight is 231 g/mol. The van der Waals surface area contributed by atoms with Gasteiger partial charge in [-0.05, 0) is 13.3 Å². The second-order valence-corrected chi connectivity index (χ2v) is 3.16. The third kappa shape index (κ3) is 15.6. The standard InChI is InChI=1S/C10H19NO3.C2H6/c1-3-4-10(13)11-6-8-14-7-5-9(2)12;1-2/h3-8H2,1-2H3,(H,11,13);1-2H3. The van der Waals surface area contributed by atoms with Gasteiger partial charge in [-0.3, -0.25) is 9.59 Å². The monoisotopic (exact) mass is 231 g/mol. The van der Waals surface area contributed by atoms with Crippen molar-refractivity contribution in [1.29, 1.82) is 0 Å². The Labute approximate surface area is 98.7 Å². The maximum absolute atomic E-state index is 11.0. The fourth-order valence-corrected chi connectivity index (χ4v) is 0.896. The summed E-state index contributed by atoms with van der Waals surface area (Å²) in [6, 6.07) is 0. The lowest BCUT2D eigenvalue weighted by Crippen LogP contribution is -2.26. The highest BCUT2D eigenvalue weighted by molar-refractivity contribution is 5.75. The van der Waals surface area contributed by atoms with Crippen molar-refractivity contribution in [3.05, 3.63) is 0 Å². The first-order chi connectivity index (χ1) is 7.66. The Morgan fingerprint density at radius 3 is 2.25 bits per heavy atom. The Morgan fingerprint density at radius 2 is 1.75 bits per heavy atom. The third-order valence-electron chi connectivity index (χ3n) is 1.64. The van der Waals surface area contributed by atoms with Gasteiger partial charge >= 0.3 is 0 Å². The van der Waals surface area contributed by atoms with Gasteiger partial charge in [-0.15, -0.1) is 0 Å². The Balaban J connectivity index is 0. The molecule has 0 aromatic rings. The van der Waals surface area contributed by atoms with Crippen LogP contribution in [0.5, 0.6) is 0 Å². The molecule has 96 valence electrons. The van der Waals surface area contributed by atoms with Gasteiger partial charge in [0, 0.05) is 19.4 Å². The fraction of sp³-hybridized carbons (Fsp3) is 0.833. The molecule has 1 amide bonds. The molecule has 0 atom stereocenters. The smallest absolute Gasteiger partial charge is 0.220 e. The number of Topliss-reactive ketones (excluding diaryl/α,β-unsaturated/α-hetero) is 1. The van der Waals surface area contributed by atoms with Crippen LogP contribution in [0.3, 0.4) is 0 Å². The number of hydrogen-bond acceptors (Lipinski definition) is 3. The van der Waals surface area contributed by atoms with Crippen molar-refractivity contribution < 1.29 is 14.3 Å². The number of nitrogens with one attached hydrogen (secondary N) is 1. The summed E-state index contributed by atoms with van der Waals surface area (Å²) in [5.74, 6) is 0.183. The summed E-state index contributed by atoms with van der Waals surface area (Å²) in [4.78, 5) is 21.5. The van der Waals surface area contributed by atoms with Gasteiger partial charge in [-0.25, -0.2) is 0 Å². The normalized spacial score (nSPS) is 9.00. The second-order valence-electron chi connectivity index (χ2n) is 3.16. The minimum Gasteiger partial charge on any atom is -0.379 e. The zero-order valence-corrected chi connectivity index (χ0v) is 11.0. The number of hydrogen-bond donors (Lipinski definition) is 1. The molecule has 0 bridgehead atoms. The van der Waals surface area contributed by atoms with Gasteiger partial charge in [0.2, 0.25) is 5.91 Å². The minimum atomic E-state index is 0.0580. The highest BCUT2D eigenvalue weighted by Crippen LogP contribution is 1.86. The molecule has 0 unspecified atom stereocenters. The van der Waals surface area contributed by atoms with E-state index in [1.165, 1.54) is 6.92 Å². The lowest BCUT2D eigenvalue weighted by Gasteiger charge is -2.04. The zero-order chi connectivity index (χ0) is 12.8. The van der Waals surface area contributed by atoms with Crippen LogP contribution in [0.15, 0.2) is 0 Å². The largest absolute Gasteiger partial charge is 0.379 e. The summed E-state index contributed by atoms with van der Waals surface area (Å²) in [6.07, 6.45) is 1.87. The molecule has 0 aliphatic rings. The molecule has 0 rings (SSSR count). The molecule has 0 saturated heterocycles. The second kappa shape index (κ2) is 14.1. The van der Waals surface area contributed by atoms with Gasteiger partial charge < -0.3 is 10.1 Å². The Hall–Kier alpha value is -0.900. The molecule has 0 aromatic carbocycles. The fourth-order valence-electron chi connectivity index (χ4n) is 0.896. The van der Waals surface area contributed by atoms with Crippen molar-refractivity contribution in [1.82, 2.24) is 5.32 Å². The van der Waals surface area contributed by atoms with Crippen LogP contribution in [-0.4, -0.2) is 31.4 Å². The highest BCUT2D eigenvalue weighted by Gasteiger charge is 1.97. The van der Waals surface area contributed by atoms with E-state index in [9.17, 15) is 9.59 Å². The number of rotatable bonds is 8. The summed E-state index contributed by atoms with van der Waals surface area (Å²) in [5.41, 5.74) is 0. The van der Waals surface area contributed by atoms with E-state index in [4.69, 9.17) is 4.74 Å². The van der Waals surface area contributed by atoms with Crippen molar-refractivity contribution >= 4 is 11.7 Å². The van der Waals surface area contributed by atoms with Gasteiger partial charge in [0.05, 0.1) is 13.2 Å². The minimum absolute atomic E-state index is 0.0580. The molecule has 0 heterocycles. The van der Waals surface area contributed by atoms with Crippen LogP contribution in [0.4, 0.5) is 0 Å². The van der Waals surface area contributed by atoms with Gasteiger partial charge in [0.25, 0.3) is 0 Å². The van der Waals surface area contributed by atoms with Crippen LogP contribution in [0, 0.1) is 0 Å². The molecule has 0 aliphatic carbocycles. The Bertz CT molecular complexity index is 181. The molecule has 0 saturated carbocycles. The predicted octanol–water partition coefficient (Wildman–Crippen LogP) is 1.92. The van der Waals surface area contributed by atoms with Crippen molar-refractivity contribution in [2.24, 2.45) is 0 Å². The van der Waals surface area contributed by atoms with Gasteiger partial charge in [-0.1, -0.05) is 20.8 Å². The Kier molecular flexibility index (Phi) is 15.4. The van der Waals surface area contributed by atoms with Gasteiger partial charge in [0.15, 0.2) is 0 Å². The van der Waals surface area contributed by atoms with E-state index in [2.05, 4.69) is 5.32 Å². The molecule has 16 heavy (non-hydrogen) atoms. The first-order valence-corrected chi connectivity index (χ1v) is 6.00. The number of ether oxygens (including phenoxy) is 1. The molecule has 1 N–H and O–H groups in total. The van der Waals surface area contributed by atoms with E-state index in [0.29, 0.717) is 32.6 Å². The third-order valence-corrected chi connectivity index (χ3v) is 1.64. The SMILES string of the molecule is CC.CCCC(=O)NCCOCCC(C)=O. The maximum atomic E-state index is 11.0. The van der Waals surface area contributed by atoms with Crippen LogP contribution in [0.1, 0.15) is 47.0 Å². The summed E-state index contributed by atoms with van der Waals surface area (Å²) < 4.78 is 5.14. The molecule has 0 aliphatic heterocycles. The van der Waals surface area contributed by atoms with E-state index in [0.717, 1.165) is 6.42 Å².